The number of carboxylic acid groups (broad SMARTS) is 1. The summed E-state index contributed by atoms with van der Waals surface area (Å²) in [5.41, 5.74) is 11.0. The molecule has 2 aromatic rings. The number of carboxylic acids is 1. The minimum Gasteiger partial charge on any atom is -0.477 e. The smallest absolute Gasteiger partial charge is 0.353 e. The normalized spacial score (nSPS) is 20.1. The second kappa shape index (κ2) is 10.9. The van der Waals surface area contributed by atoms with Crippen molar-refractivity contribution < 1.29 is 19.5 Å². The molecule has 0 aromatic carbocycles. The molecule has 4 heterocycles. The van der Waals surface area contributed by atoms with Gasteiger partial charge in [0.1, 0.15) is 22.9 Å². The monoisotopic (exact) mass is 554 g/mol. The van der Waals surface area contributed by atoms with Crippen LogP contribution in [0.2, 0.25) is 0 Å². The van der Waals surface area contributed by atoms with E-state index >= 15 is 0 Å². The molecule has 1 unspecified atom stereocenters. The lowest BCUT2D eigenvalue weighted by Gasteiger charge is -2.49. The van der Waals surface area contributed by atoms with Gasteiger partial charge in [0, 0.05) is 23.0 Å². The van der Waals surface area contributed by atoms with Crippen molar-refractivity contribution in [2.24, 2.45) is 10.9 Å². The first-order chi connectivity index (χ1) is 16.8. The lowest BCUT2D eigenvalue weighted by molar-refractivity contribution is -0.150. The van der Waals surface area contributed by atoms with Crippen LogP contribution in [0.15, 0.2) is 42.7 Å². The quantitative estimate of drug-likeness (QED) is 0.183. The predicted molar refractivity (Wildman–Crippen MR) is 132 cm³/mol. The number of fused-ring (bicyclic) bond motifs is 1. The maximum atomic E-state index is 12.9. The van der Waals surface area contributed by atoms with Gasteiger partial charge in [0.05, 0.1) is 5.69 Å². The van der Waals surface area contributed by atoms with Crippen LogP contribution in [-0.2, 0) is 14.4 Å². The topological polar surface area (TPSA) is 207 Å². The summed E-state index contributed by atoms with van der Waals surface area (Å²) in [4.78, 5) is 54.5. The summed E-state index contributed by atoms with van der Waals surface area (Å²) in [6.45, 7) is 0.493. The van der Waals surface area contributed by atoms with Gasteiger partial charge in [0.15, 0.2) is 8.68 Å². The van der Waals surface area contributed by atoms with Gasteiger partial charge in [0.25, 0.3) is 11.8 Å². The third-order valence-corrected chi connectivity index (χ3v) is 9.49. The number of rotatable bonds is 10. The zero-order valence-electron chi connectivity index (χ0n) is 17.7. The number of amides is 2. The van der Waals surface area contributed by atoms with Crippen molar-refractivity contribution in [1.29, 1.82) is 0 Å². The van der Waals surface area contributed by atoms with Gasteiger partial charge in [-0.3, -0.25) is 14.5 Å². The van der Waals surface area contributed by atoms with Crippen LogP contribution in [-0.4, -0.2) is 72.4 Å². The number of nitrogens with one attached hydrogen (secondary N) is 1. The van der Waals surface area contributed by atoms with Crippen LogP contribution in [0, 0.1) is 4.91 Å². The van der Waals surface area contributed by atoms with Gasteiger partial charge in [-0.2, -0.15) is 0 Å². The van der Waals surface area contributed by atoms with Crippen molar-refractivity contribution in [3.8, 4) is 0 Å². The lowest BCUT2D eigenvalue weighted by atomic mass is 10.0. The number of nitrogens with two attached hydrogens (primary N) is 2. The summed E-state index contributed by atoms with van der Waals surface area (Å²) in [6, 6.07) is 1.93. The number of anilines is 1. The van der Waals surface area contributed by atoms with E-state index in [1.54, 1.807) is 0 Å². The van der Waals surface area contributed by atoms with E-state index in [-0.39, 0.29) is 23.0 Å². The Morgan fingerprint density at radius 1 is 1.34 bits per heavy atom. The van der Waals surface area contributed by atoms with Crippen LogP contribution in [0.1, 0.15) is 11.7 Å². The van der Waals surface area contributed by atoms with Crippen molar-refractivity contribution in [2.45, 2.75) is 26.1 Å². The summed E-state index contributed by atoms with van der Waals surface area (Å²) in [6.07, 6.45) is 0. The zero-order chi connectivity index (χ0) is 25.1. The Balaban J connectivity index is 1.48. The van der Waals surface area contributed by atoms with Crippen molar-refractivity contribution in [3.05, 3.63) is 39.4 Å². The molecule has 0 spiro atoms. The molecule has 2 amide bonds. The van der Waals surface area contributed by atoms with Crippen LogP contribution >= 0.6 is 46.6 Å². The van der Waals surface area contributed by atoms with Gasteiger partial charge >= 0.3 is 5.97 Å². The second-order valence-electron chi connectivity index (χ2n) is 7.04. The average molecular weight is 555 g/mol. The number of nitrogen functional groups attached to an aromatic ring is 1. The van der Waals surface area contributed by atoms with E-state index in [1.807, 2.05) is 0 Å². The number of thioether (sulfide) groups is 3. The van der Waals surface area contributed by atoms with Crippen molar-refractivity contribution in [2.75, 3.05) is 23.8 Å². The fourth-order valence-electron chi connectivity index (χ4n) is 3.31. The molecule has 2 aliphatic rings. The number of aliphatic carboxylic acids is 1. The Morgan fingerprint density at radius 2 is 2.11 bits per heavy atom. The number of nitrogens with zero attached hydrogens (tertiary/aromatic N) is 5. The van der Waals surface area contributed by atoms with Gasteiger partial charge in [0.2, 0.25) is 6.04 Å². The fourth-order valence-corrected chi connectivity index (χ4v) is 7.81. The van der Waals surface area contributed by atoms with E-state index in [2.05, 4.69) is 25.7 Å². The largest absolute Gasteiger partial charge is 0.477 e. The van der Waals surface area contributed by atoms with Crippen molar-refractivity contribution >= 4 is 70.2 Å². The molecule has 0 aliphatic carbocycles. The Hall–Kier alpha value is -2.73. The Kier molecular flexibility index (Phi) is 7.90. The molecule has 13 nitrogen and oxygen atoms in total. The minimum atomic E-state index is -1.50. The van der Waals surface area contributed by atoms with E-state index in [9.17, 15) is 24.4 Å². The molecule has 0 bridgehead atoms. The van der Waals surface area contributed by atoms with Gasteiger partial charge < -0.3 is 21.9 Å². The molecule has 3 atom stereocenters. The number of hydrogen-bond acceptors (Lipinski definition) is 14. The van der Waals surface area contributed by atoms with Gasteiger partial charge in [-0.05, 0) is 17.3 Å². The summed E-state index contributed by atoms with van der Waals surface area (Å²) in [7, 11) is 0. The van der Waals surface area contributed by atoms with E-state index in [1.165, 1.54) is 53.1 Å². The molecule has 17 heteroatoms. The highest BCUT2D eigenvalue weighted by atomic mass is 32.2. The zero-order valence-corrected chi connectivity index (χ0v) is 21.0. The van der Waals surface area contributed by atoms with Gasteiger partial charge in [-0.15, -0.1) is 26.9 Å². The minimum absolute atomic E-state index is 0.0447. The summed E-state index contributed by atoms with van der Waals surface area (Å²) >= 11 is 5.20. The van der Waals surface area contributed by atoms with Crippen molar-refractivity contribution in [3.63, 3.8) is 0 Å². The first-order valence-electron chi connectivity index (χ1n) is 9.94. The molecule has 0 saturated carbocycles. The van der Waals surface area contributed by atoms with Crippen LogP contribution in [0.3, 0.4) is 0 Å². The Labute approximate surface area is 214 Å². The number of hydrogen-bond donors (Lipinski definition) is 4. The molecule has 6 N–H and O–H groups in total. The number of aromatic nitrogens is 3. The molecular weight excluding hydrogens is 537 g/mol. The first-order valence-corrected chi connectivity index (χ1v) is 13.6. The molecular formula is C18H18N8O5S4. The van der Waals surface area contributed by atoms with Crippen LogP contribution in [0.4, 0.5) is 5.82 Å². The molecule has 4 rings (SSSR count). The highest BCUT2D eigenvalue weighted by Gasteiger charge is 2.54. The van der Waals surface area contributed by atoms with Crippen LogP contribution < -0.4 is 16.8 Å². The molecule has 0 radical (unpaired) electrons. The highest BCUT2D eigenvalue weighted by Crippen LogP contribution is 2.46. The Morgan fingerprint density at radius 3 is 2.80 bits per heavy atom. The van der Waals surface area contributed by atoms with E-state index in [4.69, 9.17) is 11.5 Å². The summed E-state index contributed by atoms with van der Waals surface area (Å²) in [5.74, 6) is -1.62. The number of β-lactam (4-membered cyclic amide) rings is 1. The maximum absolute atomic E-state index is 12.9. The van der Waals surface area contributed by atoms with Gasteiger partial charge in [-0.25, -0.2) is 9.78 Å². The maximum Gasteiger partial charge on any atom is 0.353 e. The van der Waals surface area contributed by atoms with E-state index < -0.39 is 35.2 Å². The SMILES string of the molecule is NCCSc1nnc(SC2=C(C(=O)O)N3C(=O)[C@@H](NC(=O)C(N=O)c4cccc(N)n4)[C@@H]3SC2)s1. The molecule has 184 valence electrons. The lowest BCUT2D eigenvalue weighted by Crippen LogP contribution is -2.70. The van der Waals surface area contributed by atoms with E-state index in [0.29, 0.717) is 25.9 Å². The van der Waals surface area contributed by atoms with Gasteiger partial charge in [-0.1, -0.05) is 40.9 Å². The van der Waals surface area contributed by atoms with Crippen molar-refractivity contribution in [1.82, 2.24) is 25.4 Å². The third-order valence-electron chi connectivity index (χ3n) is 4.80. The highest BCUT2D eigenvalue weighted by molar-refractivity contribution is 8.07. The predicted octanol–water partition coefficient (Wildman–Crippen LogP) is 0.862. The molecule has 2 aromatic heterocycles. The molecule has 1 fully saturated rings. The number of carbonyl (C=O) groups is 3. The second-order valence-corrected chi connectivity index (χ2v) is 11.8. The summed E-state index contributed by atoms with van der Waals surface area (Å²) < 4.78 is 1.26. The van der Waals surface area contributed by atoms with E-state index in [0.717, 1.165) is 16.7 Å². The standard InChI is InChI=1S/C18H18N8O5S4/c19-4-5-32-17-23-24-18(35-17)34-8-6-33-15-11(14(28)26(15)12(8)16(29)30)22-13(27)10(25-31)7-2-1-3-9(20)21-7/h1-3,10-11,15H,4-6,19H2,(H2,20,21)(H,22,27)(H,29,30)/t10?,11-,15+/m1/s1. The van der Waals surface area contributed by atoms with Crippen LogP contribution in [0.25, 0.3) is 0 Å². The molecule has 1 saturated heterocycles. The third kappa shape index (κ3) is 5.27. The van der Waals surface area contributed by atoms with Crippen LogP contribution in [0.5, 0.6) is 0 Å². The number of nitroso groups, excluding NO2 is 1. The fraction of sp³-hybridized carbons (Fsp3) is 0.333. The number of carbonyl (C=O) groups excluding carboxylic acids is 2. The molecule has 35 heavy (non-hydrogen) atoms. The average Bonchev–Trinajstić information content (AvgIpc) is 3.28. The summed E-state index contributed by atoms with van der Waals surface area (Å²) in [5, 5.41) is 22.6. The Bertz CT molecular complexity index is 1210. The molecule has 2 aliphatic heterocycles. The number of pyridine rings is 1. The first kappa shape index (κ1) is 25.4.